The summed E-state index contributed by atoms with van der Waals surface area (Å²) >= 11 is 0. The summed E-state index contributed by atoms with van der Waals surface area (Å²) in [6.07, 6.45) is 7.57. The van der Waals surface area contributed by atoms with Crippen LogP contribution < -0.4 is 16.0 Å². The van der Waals surface area contributed by atoms with E-state index in [0.717, 1.165) is 50.5 Å². The van der Waals surface area contributed by atoms with Gasteiger partial charge in [0, 0.05) is 55.6 Å². The molecule has 5 rings (SSSR count). The highest BCUT2D eigenvalue weighted by Gasteiger charge is 2.36. The van der Waals surface area contributed by atoms with E-state index in [2.05, 4.69) is 34.1 Å². The van der Waals surface area contributed by atoms with E-state index in [1.54, 1.807) is 18.2 Å². The van der Waals surface area contributed by atoms with Gasteiger partial charge in [-0.3, -0.25) is 14.5 Å². The Kier molecular flexibility index (Phi) is 7.30. The van der Waals surface area contributed by atoms with Gasteiger partial charge >= 0.3 is 0 Å². The first-order valence-electron chi connectivity index (χ1n) is 13.5. The number of nitrogens with zero attached hydrogens (tertiary/aromatic N) is 3. The fourth-order valence-corrected chi connectivity index (χ4v) is 6.10. The standard InChI is InChI=1S/C29H39N5O2/c1-32(2)14-8-13-31-23-19-24(34-17-15-33(16-18-34)20-9-4-3-5-10-20)27(30)26-25(23)28(35)21-11-6-7-12-22(21)29(26)36/h6-7,11-12,19-20,31H,3-5,8-10,13-18,30H2,1-2H3. The van der Waals surface area contributed by atoms with Gasteiger partial charge in [0.05, 0.1) is 22.5 Å². The van der Waals surface area contributed by atoms with Crippen LogP contribution in [0.4, 0.5) is 17.1 Å². The summed E-state index contributed by atoms with van der Waals surface area (Å²) in [4.78, 5) is 34.3. The quantitative estimate of drug-likeness (QED) is 0.385. The van der Waals surface area contributed by atoms with Crippen LogP contribution in [-0.2, 0) is 0 Å². The number of hydrogen-bond donors (Lipinski definition) is 2. The molecule has 2 aromatic carbocycles. The Morgan fingerprint density at radius 2 is 1.58 bits per heavy atom. The van der Waals surface area contributed by atoms with E-state index in [9.17, 15) is 9.59 Å². The second-order valence-corrected chi connectivity index (χ2v) is 10.7. The second-order valence-electron chi connectivity index (χ2n) is 10.7. The average Bonchev–Trinajstić information content (AvgIpc) is 2.90. The highest BCUT2D eigenvalue weighted by Crippen LogP contribution is 2.41. The Morgan fingerprint density at radius 1 is 0.944 bits per heavy atom. The maximum Gasteiger partial charge on any atom is 0.196 e. The van der Waals surface area contributed by atoms with Crippen LogP contribution in [0.1, 0.15) is 70.4 Å². The molecule has 7 nitrogen and oxygen atoms in total. The number of nitrogens with one attached hydrogen (secondary N) is 1. The molecule has 1 heterocycles. The van der Waals surface area contributed by atoms with Crippen molar-refractivity contribution < 1.29 is 9.59 Å². The fraction of sp³-hybridized carbons (Fsp3) is 0.517. The van der Waals surface area contributed by atoms with E-state index in [4.69, 9.17) is 5.73 Å². The molecule has 1 saturated heterocycles. The molecule has 7 heteroatoms. The van der Waals surface area contributed by atoms with Gasteiger partial charge in [0.2, 0.25) is 0 Å². The lowest BCUT2D eigenvalue weighted by Gasteiger charge is -2.42. The summed E-state index contributed by atoms with van der Waals surface area (Å²) in [5.41, 5.74) is 10.4. The molecule has 0 amide bonds. The van der Waals surface area contributed by atoms with Gasteiger partial charge in [-0.25, -0.2) is 0 Å². The lowest BCUT2D eigenvalue weighted by atomic mass is 9.81. The zero-order valence-corrected chi connectivity index (χ0v) is 21.7. The van der Waals surface area contributed by atoms with Crippen molar-refractivity contribution in [3.8, 4) is 0 Å². The number of benzene rings is 2. The van der Waals surface area contributed by atoms with Crippen LogP contribution in [-0.4, -0.2) is 80.8 Å². The molecule has 2 fully saturated rings. The Hall–Kier alpha value is -2.90. The molecule has 192 valence electrons. The minimum atomic E-state index is -0.156. The molecule has 0 unspecified atom stereocenters. The molecule has 0 radical (unpaired) electrons. The number of nitrogens with two attached hydrogens (primary N) is 1. The van der Waals surface area contributed by atoms with Crippen molar-refractivity contribution in [1.29, 1.82) is 0 Å². The van der Waals surface area contributed by atoms with E-state index in [1.807, 2.05) is 12.1 Å². The smallest absolute Gasteiger partial charge is 0.196 e. The van der Waals surface area contributed by atoms with Crippen LogP contribution in [0.25, 0.3) is 0 Å². The zero-order valence-electron chi connectivity index (χ0n) is 21.7. The number of fused-ring (bicyclic) bond motifs is 2. The SMILES string of the molecule is CN(C)CCCNc1cc(N2CCN(C3CCCCC3)CC2)c(N)c2c1C(=O)c1ccccc1C2=O. The maximum absolute atomic E-state index is 13.6. The molecule has 0 atom stereocenters. The molecule has 1 aliphatic heterocycles. The number of nitrogen functional groups attached to an aromatic ring is 1. The molecule has 2 aromatic rings. The van der Waals surface area contributed by atoms with Crippen molar-refractivity contribution in [2.24, 2.45) is 0 Å². The number of anilines is 3. The molecule has 0 spiro atoms. The van der Waals surface area contributed by atoms with Gasteiger partial charge in [0.25, 0.3) is 0 Å². The first kappa shape index (κ1) is 24.8. The Balaban J connectivity index is 1.46. The molecule has 1 saturated carbocycles. The third-order valence-electron chi connectivity index (χ3n) is 8.06. The van der Waals surface area contributed by atoms with Gasteiger partial charge in [0.1, 0.15) is 0 Å². The van der Waals surface area contributed by atoms with Crippen LogP contribution in [0.15, 0.2) is 30.3 Å². The van der Waals surface area contributed by atoms with Gasteiger partial charge < -0.3 is 20.9 Å². The third-order valence-corrected chi connectivity index (χ3v) is 8.06. The summed E-state index contributed by atoms with van der Waals surface area (Å²) in [6.45, 7) is 5.41. The van der Waals surface area contributed by atoms with Gasteiger partial charge in [-0.1, -0.05) is 43.5 Å². The Morgan fingerprint density at radius 3 is 2.22 bits per heavy atom. The highest BCUT2D eigenvalue weighted by molar-refractivity contribution is 6.32. The van der Waals surface area contributed by atoms with E-state index in [-0.39, 0.29) is 11.6 Å². The summed E-state index contributed by atoms with van der Waals surface area (Å²) < 4.78 is 0. The molecule has 2 aliphatic carbocycles. The number of carbonyl (C=O) groups excluding carboxylic acids is 2. The van der Waals surface area contributed by atoms with Crippen molar-refractivity contribution >= 4 is 28.6 Å². The number of rotatable bonds is 7. The topological polar surface area (TPSA) is 81.9 Å². The summed E-state index contributed by atoms with van der Waals surface area (Å²) in [6, 6.07) is 9.80. The Bertz CT molecular complexity index is 1130. The maximum atomic E-state index is 13.6. The molecule has 3 N–H and O–H groups in total. The number of hydrogen-bond acceptors (Lipinski definition) is 7. The monoisotopic (exact) mass is 489 g/mol. The number of ketones is 2. The molecule has 3 aliphatic rings. The summed E-state index contributed by atoms with van der Waals surface area (Å²) in [5, 5.41) is 3.48. The van der Waals surface area contributed by atoms with Crippen molar-refractivity contribution in [2.45, 2.75) is 44.6 Å². The van der Waals surface area contributed by atoms with E-state index < -0.39 is 0 Å². The van der Waals surface area contributed by atoms with Crippen molar-refractivity contribution in [3.63, 3.8) is 0 Å². The molecule has 0 bridgehead atoms. The van der Waals surface area contributed by atoms with Crippen molar-refractivity contribution in [1.82, 2.24) is 9.80 Å². The predicted octanol–water partition coefficient (Wildman–Crippen LogP) is 3.86. The van der Waals surface area contributed by atoms with Gasteiger partial charge in [0.15, 0.2) is 11.6 Å². The van der Waals surface area contributed by atoms with Crippen LogP contribution >= 0.6 is 0 Å². The largest absolute Gasteiger partial charge is 0.396 e. The van der Waals surface area contributed by atoms with Crippen molar-refractivity contribution in [3.05, 3.63) is 52.6 Å². The molecule has 0 aromatic heterocycles. The lowest BCUT2D eigenvalue weighted by molar-refractivity contribution is 0.0980. The third kappa shape index (κ3) is 4.74. The molecule has 36 heavy (non-hydrogen) atoms. The predicted molar refractivity (Wildman–Crippen MR) is 146 cm³/mol. The lowest BCUT2D eigenvalue weighted by Crippen LogP contribution is -2.51. The van der Waals surface area contributed by atoms with Crippen LogP contribution in [0.5, 0.6) is 0 Å². The summed E-state index contributed by atoms with van der Waals surface area (Å²) in [5.74, 6) is -0.285. The van der Waals surface area contributed by atoms with Gasteiger partial charge in [-0.15, -0.1) is 0 Å². The average molecular weight is 490 g/mol. The highest BCUT2D eigenvalue weighted by atomic mass is 16.1. The second kappa shape index (κ2) is 10.6. The minimum Gasteiger partial charge on any atom is -0.396 e. The first-order valence-corrected chi connectivity index (χ1v) is 13.5. The van der Waals surface area contributed by atoms with E-state index >= 15 is 0 Å². The zero-order chi connectivity index (χ0) is 25.2. The number of carbonyl (C=O) groups is 2. The van der Waals surface area contributed by atoms with E-state index in [0.29, 0.717) is 40.5 Å². The van der Waals surface area contributed by atoms with Crippen molar-refractivity contribution in [2.75, 3.05) is 69.3 Å². The molecular weight excluding hydrogens is 450 g/mol. The fourth-order valence-electron chi connectivity index (χ4n) is 6.10. The van der Waals surface area contributed by atoms with Gasteiger partial charge in [-0.2, -0.15) is 0 Å². The van der Waals surface area contributed by atoms with E-state index in [1.165, 1.54) is 32.1 Å². The first-order chi connectivity index (χ1) is 17.5. The van der Waals surface area contributed by atoms with Crippen LogP contribution in [0.3, 0.4) is 0 Å². The molecular formula is C29H39N5O2. The normalized spacial score (nSPS) is 18.9. The van der Waals surface area contributed by atoms with Crippen LogP contribution in [0.2, 0.25) is 0 Å². The summed E-state index contributed by atoms with van der Waals surface area (Å²) in [7, 11) is 4.10. The Labute approximate surface area is 214 Å². The minimum absolute atomic E-state index is 0.129. The van der Waals surface area contributed by atoms with Crippen LogP contribution in [0, 0.1) is 0 Å². The number of piperazine rings is 1. The van der Waals surface area contributed by atoms with Gasteiger partial charge in [-0.05, 0) is 46.0 Å².